The lowest BCUT2D eigenvalue weighted by atomic mass is 9.78. The van der Waals surface area contributed by atoms with Crippen LogP contribution in [0, 0.1) is 5.92 Å². The van der Waals surface area contributed by atoms with Crippen LogP contribution in [0.15, 0.2) is 22.2 Å². The molecule has 1 aliphatic carbocycles. The summed E-state index contributed by atoms with van der Waals surface area (Å²) in [4.78, 5) is 21.9. The second-order valence-corrected chi connectivity index (χ2v) is 4.65. The number of hydrogen-bond donors (Lipinski definition) is 2. The van der Waals surface area contributed by atoms with Gasteiger partial charge in [0.25, 0.3) is 0 Å². The number of hydrogen-bond acceptors (Lipinski definition) is 4. The second-order valence-electron chi connectivity index (χ2n) is 3.80. The highest BCUT2D eigenvalue weighted by molar-refractivity contribution is 9.11. The smallest absolute Gasteiger partial charge is 0.313 e. The Kier molecular flexibility index (Phi) is 4.24. The predicted molar refractivity (Wildman–Crippen MR) is 63.7 cm³/mol. The van der Waals surface area contributed by atoms with Gasteiger partial charge in [-0.2, -0.15) is 0 Å². The molecule has 0 radical (unpaired) electrons. The first kappa shape index (κ1) is 14.1. The topological polar surface area (TPSA) is 83.8 Å². The lowest BCUT2D eigenvalue weighted by molar-refractivity contribution is -0.153. The number of allylic oxidation sites excluding steroid dienone is 2. The summed E-state index contributed by atoms with van der Waals surface area (Å²) in [6, 6.07) is 0. The Morgan fingerprint density at radius 2 is 2.29 bits per heavy atom. The van der Waals surface area contributed by atoms with Crippen molar-refractivity contribution in [2.45, 2.75) is 18.6 Å². The van der Waals surface area contributed by atoms with Crippen LogP contribution in [0.5, 0.6) is 0 Å². The van der Waals surface area contributed by atoms with Gasteiger partial charge in [0.05, 0.1) is 6.10 Å². The fraction of sp³-hybridized carbons (Fsp3) is 0.455. The summed E-state index contributed by atoms with van der Waals surface area (Å²) in [5, 5.41) is 19.6. The van der Waals surface area contributed by atoms with Crippen LogP contribution in [0.2, 0.25) is 0 Å². The monoisotopic (exact) mass is 304 g/mol. The number of rotatable bonds is 4. The maximum absolute atomic E-state index is 11.2. The van der Waals surface area contributed by atoms with Crippen LogP contribution in [0.1, 0.15) is 6.92 Å². The number of methoxy groups -OCH3 is 1. The van der Waals surface area contributed by atoms with Gasteiger partial charge in [0.15, 0.2) is 0 Å². The zero-order chi connectivity index (χ0) is 13.2. The molecule has 0 fully saturated rings. The lowest BCUT2D eigenvalue weighted by Gasteiger charge is -2.38. The molecular formula is C11H13BrO5. The van der Waals surface area contributed by atoms with E-state index in [1.165, 1.54) is 19.3 Å². The van der Waals surface area contributed by atoms with Gasteiger partial charge >= 0.3 is 5.97 Å². The van der Waals surface area contributed by atoms with Crippen molar-refractivity contribution in [3.05, 3.63) is 22.2 Å². The molecule has 0 aromatic rings. The molecule has 0 saturated carbocycles. The van der Waals surface area contributed by atoms with Gasteiger partial charge in [-0.3, -0.25) is 9.59 Å². The third-order valence-electron chi connectivity index (χ3n) is 2.88. The van der Waals surface area contributed by atoms with E-state index < -0.39 is 23.6 Å². The number of halogens is 1. The predicted octanol–water partition coefficient (Wildman–Crippen LogP) is 0.871. The molecule has 0 bridgehead atoms. The van der Waals surface area contributed by atoms with E-state index in [9.17, 15) is 14.7 Å². The molecule has 0 aromatic carbocycles. The molecule has 3 atom stereocenters. The molecule has 0 amide bonds. The number of carboxylic acids is 1. The summed E-state index contributed by atoms with van der Waals surface area (Å²) in [6.45, 7) is 1.56. The molecule has 5 nitrogen and oxygen atoms in total. The quantitative estimate of drug-likeness (QED) is 0.753. The fourth-order valence-corrected chi connectivity index (χ4v) is 2.57. The zero-order valence-electron chi connectivity index (χ0n) is 9.38. The average molecular weight is 305 g/mol. The number of aliphatic hydroxyl groups is 1. The molecule has 0 heterocycles. The number of carboxylic acid groups (broad SMARTS) is 1. The molecule has 2 N–H and O–H groups in total. The van der Waals surface area contributed by atoms with Crippen molar-refractivity contribution in [2.75, 3.05) is 7.11 Å². The third-order valence-corrected chi connectivity index (χ3v) is 3.75. The zero-order valence-corrected chi connectivity index (χ0v) is 11.0. The van der Waals surface area contributed by atoms with E-state index in [0.717, 1.165) is 0 Å². The highest BCUT2D eigenvalue weighted by Gasteiger charge is 2.49. The third kappa shape index (κ3) is 2.34. The van der Waals surface area contributed by atoms with Crippen molar-refractivity contribution in [3.8, 4) is 0 Å². The van der Waals surface area contributed by atoms with Crippen LogP contribution in [0.4, 0.5) is 0 Å². The largest absolute Gasteiger partial charge is 0.481 e. The Morgan fingerprint density at radius 1 is 1.71 bits per heavy atom. The first-order valence-electron chi connectivity index (χ1n) is 4.90. The Labute approximate surface area is 107 Å². The van der Waals surface area contributed by atoms with E-state index in [1.54, 1.807) is 6.92 Å². The van der Waals surface area contributed by atoms with E-state index in [4.69, 9.17) is 9.84 Å². The van der Waals surface area contributed by atoms with Crippen LogP contribution in [0.25, 0.3) is 0 Å². The Balaban J connectivity index is 3.29. The molecular weight excluding hydrogens is 292 g/mol. The van der Waals surface area contributed by atoms with Crippen molar-refractivity contribution in [1.29, 1.82) is 0 Å². The van der Waals surface area contributed by atoms with Crippen molar-refractivity contribution in [1.82, 2.24) is 0 Å². The van der Waals surface area contributed by atoms with Gasteiger partial charge in [-0.1, -0.05) is 22.0 Å². The van der Waals surface area contributed by atoms with Crippen LogP contribution < -0.4 is 0 Å². The molecule has 1 aliphatic rings. The Morgan fingerprint density at radius 3 is 2.71 bits per heavy atom. The minimum Gasteiger partial charge on any atom is -0.481 e. The van der Waals surface area contributed by atoms with Crippen molar-refractivity contribution in [3.63, 3.8) is 0 Å². The van der Waals surface area contributed by atoms with Gasteiger partial charge < -0.3 is 14.9 Å². The summed E-state index contributed by atoms with van der Waals surface area (Å²) in [5.41, 5.74) is -1.51. The summed E-state index contributed by atoms with van der Waals surface area (Å²) in [6.07, 6.45) is 2.41. The number of aldehydes is 1. The fourth-order valence-electron chi connectivity index (χ4n) is 1.74. The molecule has 0 saturated heterocycles. The summed E-state index contributed by atoms with van der Waals surface area (Å²) in [7, 11) is 1.38. The SMILES string of the molecule is COC(C)C1(O)C(Br)=CC(C=O)=CC1C(=O)O. The number of aliphatic carboxylic acids is 1. The summed E-state index contributed by atoms with van der Waals surface area (Å²) < 4.78 is 5.23. The minimum absolute atomic E-state index is 0.206. The van der Waals surface area contributed by atoms with Gasteiger partial charge in [-0.05, 0) is 13.0 Å². The lowest BCUT2D eigenvalue weighted by Crippen LogP contribution is -2.52. The van der Waals surface area contributed by atoms with E-state index in [2.05, 4.69) is 15.9 Å². The van der Waals surface area contributed by atoms with E-state index in [1.807, 2.05) is 0 Å². The number of carbonyl (C=O) groups excluding carboxylic acids is 1. The maximum Gasteiger partial charge on any atom is 0.313 e. The highest BCUT2D eigenvalue weighted by atomic mass is 79.9. The minimum atomic E-state index is -1.72. The van der Waals surface area contributed by atoms with Gasteiger partial charge in [0.2, 0.25) is 0 Å². The average Bonchev–Trinajstić information content (AvgIpc) is 2.30. The first-order chi connectivity index (χ1) is 7.87. The molecule has 3 unspecified atom stereocenters. The number of ether oxygens (including phenoxy) is 1. The Hall–Kier alpha value is -0.980. The molecule has 1 rings (SSSR count). The standard InChI is InChI=1S/C11H13BrO5/c1-6(17-2)11(16)8(10(14)15)3-7(5-13)4-9(11)12/h3-6,8,16H,1-2H3,(H,14,15). The maximum atomic E-state index is 11.2. The molecule has 0 aliphatic heterocycles. The van der Waals surface area contributed by atoms with Gasteiger partial charge in [0.1, 0.15) is 17.8 Å². The van der Waals surface area contributed by atoms with E-state index in [-0.39, 0.29) is 10.1 Å². The molecule has 0 aromatic heterocycles. The molecule has 6 heteroatoms. The van der Waals surface area contributed by atoms with Crippen LogP contribution >= 0.6 is 15.9 Å². The summed E-state index contributed by atoms with van der Waals surface area (Å²) in [5.74, 6) is -2.46. The normalized spacial score (nSPS) is 30.2. The molecule has 0 spiro atoms. The van der Waals surface area contributed by atoms with Crippen molar-refractivity contribution < 1.29 is 24.5 Å². The Bertz CT molecular complexity index is 401. The van der Waals surface area contributed by atoms with Gasteiger partial charge in [-0.25, -0.2) is 0 Å². The summed E-state index contributed by atoms with van der Waals surface area (Å²) >= 11 is 3.11. The molecule has 17 heavy (non-hydrogen) atoms. The highest BCUT2D eigenvalue weighted by Crippen LogP contribution is 2.40. The van der Waals surface area contributed by atoms with E-state index in [0.29, 0.717) is 6.29 Å². The number of carbonyl (C=O) groups is 2. The van der Waals surface area contributed by atoms with Gasteiger partial charge in [-0.15, -0.1) is 0 Å². The van der Waals surface area contributed by atoms with Crippen molar-refractivity contribution >= 4 is 28.2 Å². The molecule has 94 valence electrons. The second kappa shape index (κ2) is 5.12. The van der Waals surface area contributed by atoms with Crippen molar-refractivity contribution in [2.24, 2.45) is 5.92 Å². The first-order valence-corrected chi connectivity index (χ1v) is 5.69. The van der Waals surface area contributed by atoms with Gasteiger partial charge in [0, 0.05) is 17.2 Å². The van der Waals surface area contributed by atoms with Crippen LogP contribution in [-0.2, 0) is 14.3 Å². The van der Waals surface area contributed by atoms with Crippen LogP contribution in [0.3, 0.4) is 0 Å². The van der Waals surface area contributed by atoms with E-state index >= 15 is 0 Å². The van der Waals surface area contributed by atoms with Crippen LogP contribution in [-0.4, -0.2) is 41.3 Å².